The molecule has 0 aliphatic carbocycles. The molecule has 1 aromatic carbocycles. The van der Waals surface area contributed by atoms with Crippen molar-refractivity contribution in [2.24, 2.45) is 0 Å². The number of carbonyl (C=O) groups excluding carboxylic acids is 1. The molecule has 122 valence electrons. The first-order valence-electron chi connectivity index (χ1n) is 7.53. The molecule has 2 heterocycles. The zero-order valence-corrected chi connectivity index (χ0v) is 13.2. The fourth-order valence-corrected chi connectivity index (χ4v) is 2.59. The second-order valence-corrected chi connectivity index (χ2v) is 5.39. The topological polar surface area (TPSA) is 82.6 Å². The molecule has 0 atom stereocenters. The van der Waals surface area contributed by atoms with Gasteiger partial charge in [0.15, 0.2) is 5.69 Å². The maximum absolute atomic E-state index is 11.6. The summed E-state index contributed by atoms with van der Waals surface area (Å²) in [6.45, 7) is 3.76. The van der Waals surface area contributed by atoms with Crippen LogP contribution in [0.25, 0.3) is 0 Å². The van der Waals surface area contributed by atoms with Crippen molar-refractivity contribution in [2.75, 3.05) is 37.4 Å². The van der Waals surface area contributed by atoms with Gasteiger partial charge in [-0.15, -0.1) is 0 Å². The van der Waals surface area contributed by atoms with E-state index in [1.165, 1.54) is 0 Å². The number of methoxy groups -OCH3 is 1. The van der Waals surface area contributed by atoms with E-state index in [9.17, 15) is 4.79 Å². The Morgan fingerprint density at radius 2 is 2.17 bits per heavy atom. The molecular formula is C16H20N4O3. The molecule has 1 fully saturated rings. The molecule has 2 aromatic rings. The summed E-state index contributed by atoms with van der Waals surface area (Å²) < 4.78 is 12.0. The zero-order chi connectivity index (χ0) is 16.4. The number of esters is 1. The number of aromatic nitrogens is 2. The molecule has 1 aromatic heterocycles. The lowest BCUT2D eigenvalue weighted by Crippen LogP contribution is -2.48. The third-order valence-electron chi connectivity index (χ3n) is 3.91. The molecule has 0 amide bonds. The third-order valence-corrected chi connectivity index (χ3v) is 3.91. The minimum absolute atomic E-state index is 0.238. The number of hydrogen-bond donors (Lipinski definition) is 1. The summed E-state index contributed by atoms with van der Waals surface area (Å²) in [5, 5.41) is 4.30. The van der Waals surface area contributed by atoms with Crippen LogP contribution in [-0.2, 0) is 4.74 Å². The Bertz CT molecular complexity index is 707. The van der Waals surface area contributed by atoms with E-state index in [0.717, 1.165) is 18.8 Å². The van der Waals surface area contributed by atoms with Crippen LogP contribution in [0.4, 0.5) is 11.4 Å². The smallest absolute Gasteiger partial charge is 0.358 e. The Labute approximate surface area is 134 Å². The SMILES string of the molecule is CCOC(=O)c1ccn(C2CN(c3ccc(N)c(OC)c3)C2)n1. The lowest BCUT2D eigenvalue weighted by molar-refractivity contribution is 0.0518. The standard InChI is InChI=1S/C16H20N4O3/c1-3-23-16(21)14-6-7-20(18-14)12-9-19(10-12)11-4-5-13(17)15(8-11)22-2/h4-8,12H,3,9-10,17H2,1-2H3. The maximum atomic E-state index is 11.6. The van der Waals surface area contributed by atoms with Gasteiger partial charge < -0.3 is 20.1 Å². The Balaban J connectivity index is 1.64. The highest BCUT2D eigenvalue weighted by Gasteiger charge is 2.30. The molecular weight excluding hydrogens is 296 g/mol. The number of ether oxygens (including phenoxy) is 2. The molecule has 2 N–H and O–H groups in total. The Morgan fingerprint density at radius 1 is 1.39 bits per heavy atom. The maximum Gasteiger partial charge on any atom is 0.358 e. The molecule has 1 aliphatic rings. The molecule has 7 nitrogen and oxygen atoms in total. The molecule has 1 saturated heterocycles. The number of anilines is 2. The number of benzene rings is 1. The van der Waals surface area contributed by atoms with E-state index in [-0.39, 0.29) is 12.0 Å². The summed E-state index contributed by atoms with van der Waals surface area (Å²) in [5.41, 5.74) is 7.86. The molecule has 7 heteroatoms. The van der Waals surface area contributed by atoms with E-state index in [0.29, 0.717) is 23.7 Å². The number of nitrogens with two attached hydrogens (primary N) is 1. The van der Waals surface area contributed by atoms with Gasteiger partial charge in [0.1, 0.15) is 5.75 Å². The minimum atomic E-state index is -0.384. The van der Waals surface area contributed by atoms with Crippen molar-refractivity contribution in [3.8, 4) is 5.75 Å². The fourth-order valence-electron chi connectivity index (χ4n) is 2.59. The molecule has 0 spiro atoms. The van der Waals surface area contributed by atoms with E-state index < -0.39 is 0 Å². The monoisotopic (exact) mass is 316 g/mol. The number of carbonyl (C=O) groups is 1. The van der Waals surface area contributed by atoms with E-state index in [2.05, 4.69) is 10.00 Å². The second-order valence-electron chi connectivity index (χ2n) is 5.39. The van der Waals surface area contributed by atoms with Crippen molar-refractivity contribution in [3.63, 3.8) is 0 Å². The van der Waals surface area contributed by atoms with Gasteiger partial charge in [-0.3, -0.25) is 4.68 Å². The molecule has 0 radical (unpaired) electrons. The van der Waals surface area contributed by atoms with Crippen LogP contribution in [0.1, 0.15) is 23.5 Å². The first-order chi connectivity index (χ1) is 11.1. The Kier molecular flexibility index (Phi) is 4.10. The van der Waals surface area contributed by atoms with Crippen LogP contribution in [0, 0.1) is 0 Å². The quantitative estimate of drug-likeness (QED) is 0.668. The van der Waals surface area contributed by atoms with Crippen LogP contribution in [0.5, 0.6) is 5.75 Å². The molecule has 0 bridgehead atoms. The molecule has 0 saturated carbocycles. The lowest BCUT2D eigenvalue weighted by atomic mass is 10.1. The summed E-state index contributed by atoms with van der Waals surface area (Å²) in [5.74, 6) is 0.292. The van der Waals surface area contributed by atoms with Gasteiger partial charge in [0.2, 0.25) is 0 Å². The molecule has 1 aliphatic heterocycles. The van der Waals surface area contributed by atoms with Gasteiger partial charge in [-0.2, -0.15) is 5.10 Å². The van der Waals surface area contributed by atoms with Crippen molar-refractivity contribution in [1.29, 1.82) is 0 Å². The van der Waals surface area contributed by atoms with Crippen molar-refractivity contribution in [2.45, 2.75) is 13.0 Å². The van der Waals surface area contributed by atoms with Gasteiger partial charge in [0.25, 0.3) is 0 Å². The second kappa shape index (κ2) is 6.20. The Hall–Kier alpha value is -2.70. The average molecular weight is 316 g/mol. The van der Waals surface area contributed by atoms with Crippen LogP contribution >= 0.6 is 0 Å². The Morgan fingerprint density at radius 3 is 2.87 bits per heavy atom. The number of rotatable bonds is 5. The van der Waals surface area contributed by atoms with Crippen molar-refractivity contribution >= 4 is 17.3 Å². The van der Waals surface area contributed by atoms with E-state index in [1.807, 2.05) is 29.1 Å². The highest BCUT2D eigenvalue weighted by Crippen LogP contribution is 2.32. The van der Waals surface area contributed by atoms with Gasteiger partial charge in [0, 0.05) is 31.0 Å². The molecule has 0 unspecified atom stereocenters. The highest BCUT2D eigenvalue weighted by molar-refractivity contribution is 5.87. The van der Waals surface area contributed by atoms with Gasteiger partial charge in [-0.25, -0.2) is 4.79 Å². The van der Waals surface area contributed by atoms with Crippen LogP contribution in [-0.4, -0.2) is 42.6 Å². The molecule has 23 heavy (non-hydrogen) atoms. The van der Waals surface area contributed by atoms with Crippen LogP contribution in [0.3, 0.4) is 0 Å². The minimum Gasteiger partial charge on any atom is -0.495 e. The van der Waals surface area contributed by atoms with Gasteiger partial charge in [-0.05, 0) is 25.1 Å². The van der Waals surface area contributed by atoms with Crippen molar-refractivity contribution in [1.82, 2.24) is 9.78 Å². The fraction of sp³-hybridized carbons (Fsp3) is 0.375. The van der Waals surface area contributed by atoms with Crippen molar-refractivity contribution < 1.29 is 14.3 Å². The summed E-state index contributed by atoms with van der Waals surface area (Å²) in [4.78, 5) is 13.8. The highest BCUT2D eigenvalue weighted by atomic mass is 16.5. The van der Waals surface area contributed by atoms with Crippen molar-refractivity contribution in [3.05, 3.63) is 36.2 Å². The molecule has 3 rings (SSSR count). The predicted molar refractivity (Wildman–Crippen MR) is 86.8 cm³/mol. The third kappa shape index (κ3) is 2.94. The summed E-state index contributed by atoms with van der Waals surface area (Å²) in [6.07, 6.45) is 1.82. The van der Waals surface area contributed by atoms with Gasteiger partial charge in [0.05, 0.1) is 25.4 Å². The number of nitrogen functional groups attached to an aromatic ring is 1. The predicted octanol–water partition coefficient (Wildman–Crippen LogP) is 1.71. The summed E-state index contributed by atoms with van der Waals surface area (Å²) >= 11 is 0. The summed E-state index contributed by atoms with van der Waals surface area (Å²) in [6, 6.07) is 7.67. The lowest BCUT2D eigenvalue weighted by Gasteiger charge is -2.41. The number of hydrogen-bond acceptors (Lipinski definition) is 6. The first kappa shape index (κ1) is 15.2. The van der Waals surface area contributed by atoms with E-state index in [1.54, 1.807) is 20.1 Å². The average Bonchev–Trinajstić information content (AvgIpc) is 2.97. The normalized spacial score (nSPS) is 14.4. The largest absolute Gasteiger partial charge is 0.495 e. The van der Waals surface area contributed by atoms with Crippen LogP contribution < -0.4 is 15.4 Å². The first-order valence-corrected chi connectivity index (χ1v) is 7.53. The van der Waals surface area contributed by atoms with Crippen LogP contribution in [0.15, 0.2) is 30.5 Å². The van der Waals surface area contributed by atoms with Gasteiger partial charge in [-0.1, -0.05) is 0 Å². The zero-order valence-electron chi connectivity index (χ0n) is 13.2. The van der Waals surface area contributed by atoms with E-state index in [4.69, 9.17) is 15.2 Å². The van der Waals surface area contributed by atoms with Gasteiger partial charge >= 0.3 is 5.97 Å². The number of nitrogens with zero attached hydrogens (tertiary/aromatic N) is 3. The summed E-state index contributed by atoms with van der Waals surface area (Å²) in [7, 11) is 1.61. The van der Waals surface area contributed by atoms with E-state index >= 15 is 0 Å². The van der Waals surface area contributed by atoms with Crippen LogP contribution in [0.2, 0.25) is 0 Å².